The fourth-order valence-corrected chi connectivity index (χ4v) is 3.63. The van der Waals surface area contributed by atoms with E-state index in [0.717, 1.165) is 16.3 Å². The number of aryl methyl sites for hydroxylation is 1. The molecule has 0 spiro atoms. The number of hydrogen-bond donors (Lipinski definition) is 1. The number of ether oxygens (including phenoxy) is 3. The summed E-state index contributed by atoms with van der Waals surface area (Å²) >= 11 is 1.60. The van der Waals surface area contributed by atoms with E-state index in [9.17, 15) is 4.79 Å². The van der Waals surface area contributed by atoms with Crippen LogP contribution in [0.5, 0.6) is 17.2 Å². The number of nitrogens with zero attached hydrogens (tertiary/aromatic N) is 1. The van der Waals surface area contributed by atoms with E-state index in [2.05, 4.69) is 10.3 Å². The van der Waals surface area contributed by atoms with Crippen molar-refractivity contribution in [1.29, 1.82) is 0 Å². The summed E-state index contributed by atoms with van der Waals surface area (Å²) in [6, 6.07) is 12.6. The molecule has 0 aliphatic rings. The van der Waals surface area contributed by atoms with E-state index in [1.54, 1.807) is 35.6 Å². The minimum Gasteiger partial charge on any atom is -0.490 e. The lowest BCUT2D eigenvalue weighted by atomic mass is 10.1. The Kier molecular flexibility index (Phi) is 7.89. The first-order chi connectivity index (χ1) is 15.0. The Morgan fingerprint density at radius 1 is 1.03 bits per heavy atom. The maximum Gasteiger partial charge on any atom is 0.251 e. The van der Waals surface area contributed by atoms with Crippen molar-refractivity contribution < 1.29 is 19.0 Å². The summed E-state index contributed by atoms with van der Waals surface area (Å²) in [6.07, 6.45) is 0. The first kappa shape index (κ1) is 22.6. The highest BCUT2D eigenvalue weighted by Gasteiger charge is 2.14. The zero-order chi connectivity index (χ0) is 22.2. The average Bonchev–Trinajstić information content (AvgIpc) is 3.19. The Bertz CT molecular complexity index is 1000. The molecule has 2 aromatic carbocycles. The van der Waals surface area contributed by atoms with Crippen molar-refractivity contribution in [2.75, 3.05) is 13.2 Å². The third kappa shape index (κ3) is 6.21. The molecule has 0 saturated heterocycles. The molecule has 7 heteroatoms. The molecular formula is C24H28N2O4S. The van der Waals surface area contributed by atoms with Gasteiger partial charge in [-0.1, -0.05) is 6.07 Å². The van der Waals surface area contributed by atoms with Crippen molar-refractivity contribution in [3.8, 4) is 17.2 Å². The predicted molar refractivity (Wildman–Crippen MR) is 122 cm³/mol. The largest absolute Gasteiger partial charge is 0.490 e. The van der Waals surface area contributed by atoms with E-state index in [4.69, 9.17) is 14.2 Å². The highest BCUT2D eigenvalue weighted by molar-refractivity contribution is 7.09. The summed E-state index contributed by atoms with van der Waals surface area (Å²) < 4.78 is 17.0. The van der Waals surface area contributed by atoms with Crippen LogP contribution in [0.1, 0.15) is 53.4 Å². The van der Waals surface area contributed by atoms with Crippen molar-refractivity contribution in [1.82, 2.24) is 10.3 Å². The monoisotopic (exact) mass is 440 g/mol. The molecule has 1 atom stereocenters. The third-order valence-electron chi connectivity index (χ3n) is 4.58. The number of amides is 1. The molecule has 0 fully saturated rings. The minimum absolute atomic E-state index is 0.152. The van der Waals surface area contributed by atoms with Gasteiger partial charge >= 0.3 is 0 Å². The molecule has 6 nitrogen and oxygen atoms in total. The van der Waals surface area contributed by atoms with Crippen LogP contribution >= 0.6 is 11.3 Å². The molecule has 31 heavy (non-hydrogen) atoms. The first-order valence-corrected chi connectivity index (χ1v) is 11.2. The number of benzene rings is 2. The van der Waals surface area contributed by atoms with Gasteiger partial charge in [-0.2, -0.15) is 0 Å². The quantitative estimate of drug-likeness (QED) is 0.462. The smallest absolute Gasteiger partial charge is 0.251 e. The Labute approximate surface area is 187 Å². The van der Waals surface area contributed by atoms with Gasteiger partial charge in [0, 0.05) is 10.9 Å². The Hall–Kier alpha value is -3.06. The number of nitrogens with one attached hydrogen (secondary N) is 1. The van der Waals surface area contributed by atoms with E-state index in [-0.39, 0.29) is 11.9 Å². The van der Waals surface area contributed by atoms with Crippen molar-refractivity contribution in [3.63, 3.8) is 0 Å². The van der Waals surface area contributed by atoms with Crippen molar-refractivity contribution >= 4 is 17.2 Å². The third-order valence-corrected chi connectivity index (χ3v) is 5.41. The number of rotatable bonds is 10. The molecule has 1 unspecified atom stereocenters. The van der Waals surface area contributed by atoms with Gasteiger partial charge in [0.1, 0.15) is 12.4 Å². The van der Waals surface area contributed by atoms with E-state index in [0.29, 0.717) is 42.6 Å². The maximum atomic E-state index is 12.7. The number of hydrogen-bond acceptors (Lipinski definition) is 6. The van der Waals surface area contributed by atoms with Crippen LogP contribution in [0.3, 0.4) is 0 Å². The molecule has 1 amide bonds. The summed E-state index contributed by atoms with van der Waals surface area (Å²) in [6.45, 7) is 9.29. The van der Waals surface area contributed by atoms with Crippen LogP contribution in [-0.4, -0.2) is 24.1 Å². The van der Waals surface area contributed by atoms with Gasteiger partial charge < -0.3 is 19.5 Å². The zero-order valence-electron chi connectivity index (χ0n) is 18.3. The molecule has 0 bridgehead atoms. The van der Waals surface area contributed by atoms with Gasteiger partial charge in [-0.25, -0.2) is 4.98 Å². The fourth-order valence-electron chi connectivity index (χ4n) is 3.03. The molecule has 0 aliphatic heterocycles. The predicted octanol–water partition coefficient (Wildman–Crippen LogP) is 5.32. The van der Waals surface area contributed by atoms with Crippen LogP contribution in [0, 0.1) is 6.92 Å². The number of carbonyl (C=O) groups is 1. The lowest BCUT2D eigenvalue weighted by molar-refractivity contribution is 0.0939. The first-order valence-electron chi connectivity index (χ1n) is 10.3. The highest BCUT2D eigenvalue weighted by atomic mass is 32.1. The van der Waals surface area contributed by atoms with Gasteiger partial charge in [-0.3, -0.25) is 4.79 Å². The molecule has 1 aromatic heterocycles. The standard InChI is InChI=1S/C24H28N2O4S/c1-5-28-22-12-9-19(13-23(22)29-6-2)16(3)25-24(27)18-7-10-21(11-8-18)30-14-20-15-31-17(4)26-20/h7-13,15-16H,5-6,14H2,1-4H3,(H,25,27). The average molecular weight is 441 g/mol. The molecule has 3 rings (SSSR count). The van der Waals surface area contributed by atoms with Gasteiger partial charge in [-0.15, -0.1) is 11.3 Å². The maximum absolute atomic E-state index is 12.7. The van der Waals surface area contributed by atoms with E-state index < -0.39 is 0 Å². The molecule has 0 radical (unpaired) electrons. The minimum atomic E-state index is -0.189. The molecule has 1 N–H and O–H groups in total. The molecule has 0 saturated carbocycles. The van der Waals surface area contributed by atoms with Crippen LogP contribution in [0.15, 0.2) is 47.8 Å². The summed E-state index contributed by atoms with van der Waals surface area (Å²) in [5.41, 5.74) is 2.42. The number of carbonyl (C=O) groups excluding carboxylic acids is 1. The van der Waals surface area contributed by atoms with Crippen molar-refractivity contribution in [3.05, 3.63) is 69.7 Å². The Balaban J connectivity index is 1.60. The van der Waals surface area contributed by atoms with Gasteiger partial charge in [-0.05, 0) is 69.7 Å². The van der Waals surface area contributed by atoms with Crippen LogP contribution in [0.4, 0.5) is 0 Å². The molecule has 0 aliphatic carbocycles. The van der Waals surface area contributed by atoms with E-state index >= 15 is 0 Å². The summed E-state index contributed by atoms with van der Waals surface area (Å²) in [5, 5.41) is 6.03. The normalized spacial score (nSPS) is 11.6. The Morgan fingerprint density at radius 3 is 2.39 bits per heavy atom. The molecule has 3 aromatic rings. The zero-order valence-corrected chi connectivity index (χ0v) is 19.1. The second-order valence-electron chi connectivity index (χ2n) is 6.94. The summed E-state index contributed by atoms with van der Waals surface area (Å²) in [7, 11) is 0. The van der Waals surface area contributed by atoms with Crippen LogP contribution in [0.25, 0.3) is 0 Å². The SMILES string of the molecule is CCOc1ccc(C(C)NC(=O)c2ccc(OCc3csc(C)n3)cc2)cc1OCC. The van der Waals surface area contributed by atoms with Gasteiger partial charge in [0.05, 0.1) is 30.0 Å². The fraction of sp³-hybridized carbons (Fsp3) is 0.333. The van der Waals surface area contributed by atoms with Crippen LogP contribution < -0.4 is 19.5 Å². The lowest BCUT2D eigenvalue weighted by Crippen LogP contribution is -2.26. The van der Waals surface area contributed by atoms with Crippen molar-refractivity contribution in [2.45, 2.75) is 40.3 Å². The van der Waals surface area contributed by atoms with E-state index in [1.807, 2.05) is 51.3 Å². The lowest BCUT2D eigenvalue weighted by Gasteiger charge is -2.17. The van der Waals surface area contributed by atoms with Gasteiger partial charge in [0.15, 0.2) is 11.5 Å². The van der Waals surface area contributed by atoms with Gasteiger partial charge in [0.25, 0.3) is 5.91 Å². The van der Waals surface area contributed by atoms with E-state index in [1.165, 1.54) is 0 Å². The topological polar surface area (TPSA) is 69.7 Å². The molecule has 1 heterocycles. The number of thiazole rings is 1. The second-order valence-corrected chi connectivity index (χ2v) is 8.00. The summed E-state index contributed by atoms with van der Waals surface area (Å²) in [5.74, 6) is 1.93. The second kappa shape index (κ2) is 10.8. The molecular weight excluding hydrogens is 412 g/mol. The van der Waals surface area contributed by atoms with Gasteiger partial charge in [0.2, 0.25) is 0 Å². The highest BCUT2D eigenvalue weighted by Crippen LogP contribution is 2.31. The summed E-state index contributed by atoms with van der Waals surface area (Å²) in [4.78, 5) is 17.1. The van der Waals surface area contributed by atoms with Crippen molar-refractivity contribution in [2.24, 2.45) is 0 Å². The van der Waals surface area contributed by atoms with Crippen LogP contribution in [-0.2, 0) is 6.61 Å². The van der Waals surface area contributed by atoms with Crippen LogP contribution in [0.2, 0.25) is 0 Å². The molecule has 164 valence electrons. The number of aromatic nitrogens is 1. The Morgan fingerprint density at radius 2 is 1.74 bits per heavy atom.